The Bertz CT molecular complexity index is 898. The molecule has 1 unspecified atom stereocenters. The SMILES string of the molecule is [3H]c1cc2c(cc1F)C(=O)N(C)Cc1c(C(=O)OC([3H])C)nc([3H])n1-2. The van der Waals surface area contributed by atoms with E-state index < -0.39 is 30.3 Å². The molecule has 0 aliphatic carbocycles. The molecule has 2 aromatic rings. The van der Waals surface area contributed by atoms with Crippen molar-refractivity contribution in [3.8, 4) is 5.69 Å². The third kappa shape index (κ3) is 2.14. The monoisotopic (exact) mass is 309 g/mol. The van der Waals surface area contributed by atoms with Crippen molar-refractivity contribution < 1.29 is 22.8 Å². The van der Waals surface area contributed by atoms with E-state index in [1.54, 1.807) is 0 Å². The van der Waals surface area contributed by atoms with Crippen LogP contribution in [0.4, 0.5) is 4.39 Å². The summed E-state index contributed by atoms with van der Waals surface area (Å²) in [7, 11) is 1.47. The number of benzene rings is 1. The molecule has 1 amide bonds. The smallest absolute Gasteiger partial charge is 0.358 e. The van der Waals surface area contributed by atoms with Crippen molar-refractivity contribution >= 4 is 11.9 Å². The molecule has 1 aliphatic heterocycles. The maximum absolute atomic E-state index is 13.8. The molecule has 0 saturated heterocycles. The maximum Gasteiger partial charge on any atom is 0.358 e. The number of fused-ring (bicyclic) bond motifs is 3. The van der Waals surface area contributed by atoms with Crippen LogP contribution >= 0.6 is 0 Å². The first-order valence-corrected chi connectivity index (χ1v) is 6.48. The number of ether oxygens (including phenoxy) is 1. The van der Waals surface area contributed by atoms with Crippen LogP contribution in [0.5, 0.6) is 0 Å². The second-order valence-corrected chi connectivity index (χ2v) is 4.72. The Kier molecular flexibility index (Phi) is 2.61. The molecular weight excluding hydrogens is 289 g/mol. The number of rotatable bonds is 2. The molecule has 0 spiro atoms. The minimum absolute atomic E-state index is 0.0329. The number of nitrogens with zero attached hydrogens (tertiary/aromatic N) is 3. The fourth-order valence-corrected chi connectivity index (χ4v) is 2.32. The first-order valence-electron chi connectivity index (χ1n) is 8.06. The Balaban J connectivity index is 2.27. The van der Waals surface area contributed by atoms with Gasteiger partial charge in [-0.15, -0.1) is 0 Å². The standard InChI is InChI=1S/C15H14FN3O3/c1-3-22-15(21)13-12-7-18(2)14(20)10-6-9(16)4-5-11(10)19(12)8-17-13/h4-6,8H,3,7H2,1-2H3/i3T,4T,8T. The summed E-state index contributed by atoms with van der Waals surface area (Å²) in [6.45, 7) is 0.171. The molecule has 22 heavy (non-hydrogen) atoms. The normalized spacial score (nSPS) is 16.8. The Labute approximate surface area is 130 Å². The van der Waals surface area contributed by atoms with E-state index in [1.165, 1.54) is 23.4 Å². The van der Waals surface area contributed by atoms with Crippen LogP contribution in [0.3, 0.4) is 0 Å². The van der Waals surface area contributed by atoms with Crippen LogP contribution in [-0.2, 0) is 11.3 Å². The lowest BCUT2D eigenvalue weighted by molar-refractivity contribution is 0.0516. The Morgan fingerprint density at radius 3 is 3.14 bits per heavy atom. The van der Waals surface area contributed by atoms with Crippen molar-refractivity contribution in [2.75, 3.05) is 13.6 Å². The number of halogens is 1. The zero-order chi connectivity index (χ0) is 18.5. The van der Waals surface area contributed by atoms with Gasteiger partial charge in [-0.3, -0.25) is 9.36 Å². The molecule has 1 aromatic carbocycles. The number of aromatic nitrogens is 2. The van der Waals surface area contributed by atoms with Crippen molar-refractivity contribution in [1.82, 2.24) is 14.5 Å². The zero-order valence-electron chi connectivity index (χ0n) is 14.9. The quantitative estimate of drug-likeness (QED) is 0.793. The van der Waals surface area contributed by atoms with Gasteiger partial charge in [0.25, 0.3) is 5.91 Å². The largest absolute Gasteiger partial charge is 0.461 e. The number of amides is 1. The van der Waals surface area contributed by atoms with Crippen LogP contribution in [0.25, 0.3) is 5.69 Å². The van der Waals surface area contributed by atoms with Crippen molar-refractivity contribution in [2.24, 2.45) is 0 Å². The number of hydrogen-bond acceptors (Lipinski definition) is 4. The molecule has 114 valence electrons. The third-order valence-electron chi connectivity index (χ3n) is 3.32. The van der Waals surface area contributed by atoms with Gasteiger partial charge in [0.05, 0.1) is 32.8 Å². The second-order valence-electron chi connectivity index (χ2n) is 4.72. The van der Waals surface area contributed by atoms with Crippen molar-refractivity contribution in [2.45, 2.75) is 13.5 Å². The van der Waals surface area contributed by atoms with Crippen LogP contribution in [0.15, 0.2) is 24.5 Å². The molecule has 3 rings (SSSR count). The van der Waals surface area contributed by atoms with Crippen LogP contribution in [0.2, 0.25) is 0 Å². The highest BCUT2D eigenvalue weighted by atomic mass is 19.1. The van der Waals surface area contributed by atoms with Crippen LogP contribution in [-0.4, -0.2) is 40.0 Å². The average Bonchev–Trinajstić information content (AvgIpc) is 2.79. The van der Waals surface area contributed by atoms with E-state index in [4.69, 9.17) is 8.85 Å². The number of imidazole rings is 1. The predicted octanol–water partition coefficient (Wildman–Crippen LogP) is 1.77. The lowest BCUT2D eigenvalue weighted by atomic mass is 10.1. The van der Waals surface area contributed by atoms with Gasteiger partial charge in [0, 0.05) is 7.05 Å². The Morgan fingerprint density at radius 2 is 2.41 bits per heavy atom. The summed E-state index contributed by atoms with van der Waals surface area (Å²) in [6.07, 6.45) is -0.352. The van der Waals surface area contributed by atoms with Crippen molar-refractivity contribution in [3.63, 3.8) is 0 Å². The zero-order valence-corrected chi connectivity index (χ0v) is 11.9. The lowest BCUT2D eigenvalue weighted by Gasteiger charge is -2.14. The second kappa shape index (κ2) is 5.25. The first-order chi connectivity index (χ1) is 11.7. The van der Waals surface area contributed by atoms with Gasteiger partial charge in [-0.1, -0.05) is 0 Å². The van der Waals surface area contributed by atoms with Crippen LogP contribution in [0, 0.1) is 5.82 Å². The lowest BCUT2D eigenvalue weighted by Crippen LogP contribution is -2.26. The van der Waals surface area contributed by atoms with E-state index in [-0.39, 0.29) is 35.5 Å². The number of hydrogen-bond donors (Lipinski definition) is 0. The molecule has 0 fully saturated rings. The molecule has 0 N–H and O–H groups in total. The van der Waals surface area contributed by atoms with E-state index >= 15 is 0 Å². The van der Waals surface area contributed by atoms with Crippen molar-refractivity contribution in [3.05, 3.63) is 47.2 Å². The number of carbonyl (C=O) groups is 2. The highest BCUT2D eigenvalue weighted by Gasteiger charge is 2.29. The summed E-state index contributed by atoms with van der Waals surface area (Å²) in [5, 5.41) is 0. The van der Waals surface area contributed by atoms with Gasteiger partial charge in [-0.2, -0.15) is 0 Å². The van der Waals surface area contributed by atoms with E-state index in [2.05, 4.69) is 4.98 Å². The molecule has 0 radical (unpaired) electrons. The number of esters is 1. The average molecular weight is 309 g/mol. The van der Waals surface area contributed by atoms with Crippen LogP contribution < -0.4 is 0 Å². The van der Waals surface area contributed by atoms with E-state index in [1.807, 2.05) is 0 Å². The fourth-order valence-electron chi connectivity index (χ4n) is 2.32. The topological polar surface area (TPSA) is 64.4 Å². The van der Waals surface area contributed by atoms with Gasteiger partial charge in [-0.05, 0) is 25.1 Å². The minimum Gasteiger partial charge on any atom is -0.461 e. The summed E-state index contributed by atoms with van der Waals surface area (Å²) in [5.41, 5.74) is 0.0874. The molecule has 0 saturated carbocycles. The van der Waals surface area contributed by atoms with E-state index in [0.29, 0.717) is 0 Å². The molecule has 6 nitrogen and oxygen atoms in total. The fraction of sp³-hybridized carbons (Fsp3) is 0.267. The summed E-state index contributed by atoms with van der Waals surface area (Å²) in [6, 6.07) is 1.61. The summed E-state index contributed by atoms with van der Waals surface area (Å²) >= 11 is 0. The van der Waals surface area contributed by atoms with E-state index in [9.17, 15) is 14.0 Å². The highest BCUT2D eigenvalue weighted by molar-refractivity contribution is 5.99. The molecular formula is C15H14FN3O3. The van der Waals surface area contributed by atoms with Gasteiger partial charge >= 0.3 is 5.97 Å². The number of carbonyl (C=O) groups excluding carboxylic acids is 2. The summed E-state index contributed by atoms with van der Waals surface area (Å²) in [4.78, 5) is 29.8. The Morgan fingerprint density at radius 1 is 1.64 bits per heavy atom. The minimum atomic E-state index is -1.12. The van der Waals surface area contributed by atoms with Gasteiger partial charge in [-0.25, -0.2) is 14.2 Å². The molecule has 1 aliphatic rings. The predicted molar refractivity (Wildman–Crippen MR) is 75.3 cm³/mol. The highest BCUT2D eigenvalue weighted by Crippen LogP contribution is 2.26. The first kappa shape index (κ1) is 10.9. The van der Waals surface area contributed by atoms with Gasteiger partial charge in [0.1, 0.15) is 13.5 Å². The van der Waals surface area contributed by atoms with Gasteiger partial charge < -0.3 is 9.64 Å². The van der Waals surface area contributed by atoms with Crippen LogP contribution in [0.1, 0.15) is 37.6 Å². The molecule has 7 heteroatoms. The molecule has 0 bridgehead atoms. The van der Waals surface area contributed by atoms with Gasteiger partial charge in [0.2, 0.25) is 0 Å². The van der Waals surface area contributed by atoms with E-state index in [0.717, 1.165) is 12.1 Å². The summed E-state index contributed by atoms with van der Waals surface area (Å²) < 4.78 is 42.8. The van der Waals surface area contributed by atoms with Crippen molar-refractivity contribution in [1.29, 1.82) is 0 Å². The molecule has 1 atom stereocenters. The Hall–Kier alpha value is -2.70. The van der Waals surface area contributed by atoms with Gasteiger partial charge in [0.15, 0.2) is 5.69 Å². The molecule has 1 aromatic heterocycles. The maximum atomic E-state index is 13.8. The molecule has 2 heterocycles. The summed E-state index contributed by atoms with van der Waals surface area (Å²) in [5.74, 6) is -2.26. The third-order valence-corrected chi connectivity index (χ3v) is 3.32.